The largest absolute Gasteiger partial charge is 0.340 e. The predicted molar refractivity (Wildman–Crippen MR) is 101 cm³/mol. The van der Waals surface area contributed by atoms with E-state index in [0.717, 1.165) is 11.3 Å². The molecule has 0 bridgehead atoms. The lowest BCUT2D eigenvalue weighted by molar-refractivity contribution is -0.130. The number of carbonyl (C=O) groups is 2. The molecule has 0 aliphatic heterocycles. The molecule has 2 aromatic carbocycles. The first kappa shape index (κ1) is 18.7. The Hall–Kier alpha value is -2.62. The summed E-state index contributed by atoms with van der Waals surface area (Å²) in [5, 5.41) is 0. The van der Waals surface area contributed by atoms with Gasteiger partial charge in [-0.3, -0.25) is 9.59 Å². The average molecular weight is 338 g/mol. The van der Waals surface area contributed by atoms with Crippen LogP contribution >= 0.6 is 0 Å². The van der Waals surface area contributed by atoms with Gasteiger partial charge in [0.15, 0.2) is 0 Å². The molecular formula is C21H26N2O2. The van der Waals surface area contributed by atoms with E-state index in [4.69, 9.17) is 0 Å². The van der Waals surface area contributed by atoms with Gasteiger partial charge in [-0.1, -0.05) is 56.3 Å². The van der Waals surface area contributed by atoms with E-state index < -0.39 is 0 Å². The third-order valence-corrected chi connectivity index (χ3v) is 4.23. The number of hydrogen-bond acceptors (Lipinski definition) is 2. The normalized spacial score (nSPS) is 10.6. The van der Waals surface area contributed by atoms with E-state index in [9.17, 15) is 9.59 Å². The maximum Gasteiger partial charge on any atom is 0.242 e. The van der Waals surface area contributed by atoms with Gasteiger partial charge in [0.1, 0.15) is 6.54 Å². The molecule has 0 N–H and O–H groups in total. The maximum absolute atomic E-state index is 12.5. The summed E-state index contributed by atoms with van der Waals surface area (Å²) in [7, 11) is 1.76. The van der Waals surface area contributed by atoms with Crippen molar-refractivity contribution in [2.24, 2.45) is 0 Å². The minimum Gasteiger partial charge on any atom is -0.340 e. The van der Waals surface area contributed by atoms with Crippen LogP contribution in [-0.2, 0) is 16.1 Å². The summed E-state index contributed by atoms with van der Waals surface area (Å²) >= 11 is 0. The number of amides is 2. The number of rotatable bonds is 6. The Balaban J connectivity index is 2.07. The highest BCUT2D eigenvalue weighted by molar-refractivity contribution is 5.97. The van der Waals surface area contributed by atoms with Crippen LogP contribution in [0.25, 0.3) is 0 Å². The topological polar surface area (TPSA) is 40.6 Å². The third-order valence-electron chi connectivity index (χ3n) is 4.23. The van der Waals surface area contributed by atoms with Crippen LogP contribution in [0.3, 0.4) is 0 Å². The number of benzene rings is 2. The molecule has 132 valence electrons. The summed E-state index contributed by atoms with van der Waals surface area (Å²) in [6, 6.07) is 17.6. The van der Waals surface area contributed by atoms with Crippen molar-refractivity contribution in [2.75, 3.05) is 18.5 Å². The van der Waals surface area contributed by atoms with Crippen molar-refractivity contribution in [1.29, 1.82) is 0 Å². The van der Waals surface area contributed by atoms with E-state index >= 15 is 0 Å². The SMILES string of the molecule is CC(=O)N(CC(=O)N(C)Cc1ccccc1)c1ccc(C(C)C)cc1. The molecule has 0 aliphatic rings. The second-order valence-electron chi connectivity index (χ2n) is 6.59. The molecule has 2 amide bonds. The highest BCUT2D eigenvalue weighted by atomic mass is 16.2. The fourth-order valence-corrected chi connectivity index (χ4v) is 2.63. The van der Waals surface area contributed by atoms with Crippen molar-refractivity contribution < 1.29 is 9.59 Å². The molecular weight excluding hydrogens is 312 g/mol. The van der Waals surface area contributed by atoms with Crippen molar-refractivity contribution in [1.82, 2.24) is 4.90 Å². The van der Waals surface area contributed by atoms with Gasteiger partial charge in [0.25, 0.3) is 0 Å². The highest BCUT2D eigenvalue weighted by Gasteiger charge is 2.18. The molecule has 0 heterocycles. The van der Waals surface area contributed by atoms with Crippen LogP contribution in [0.4, 0.5) is 5.69 Å². The second-order valence-corrected chi connectivity index (χ2v) is 6.59. The summed E-state index contributed by atoms with van der Waals surface area (Å²) in [5.41, 5.74) is 3.02. The molecule has 0 atom stereocenters. The molecule has 0 aliphatic carbocycles. The quantitative estimate of drug-likeness (QED) is 0.803. The molecule has 0 unspecified atom stereocenters. The van der Waals surface area contributed by atoms with Gasteiger partial charge >= 0.3 is 0 Å². The minimum atomic E-state index is -0.140. The van der Waals surface area contributed by atoms with Crippen LogP contribution in [0, 0.1) is 0 Å². The Kier molecular flexibility index (Phi) is 6.34. The minimum absolute atomic E-state index is 0.0414. The van der Waals surface area contributed by atoms with Crippen LogP contribution in [0.2, 0.25) is 0 Å². The molecule has 4 heteroatoms. The number of anilines is 1. The van der Waals surface area contributed by atoms with E-state index in [0.29, 0.717) is 12.5 Å². The van der Waals surface area contributed by atoms with Gasteiger partial charge < -0.3 is 9.80 Å². The van der Waals surface area contributed by atoms with E-state index in [1.807, 2.05) is 54.6 Å². The number of nitrogens with zero attached hydrogens (tertiary/aromatic N) is 2. The zero-order valence-electron chi connectivity index (χ0n) is 15.4. The van der Waals surface area contributed by atoms with Gasteiger partial charge in [0.2, 0.25) is 11.8 Å². The van der Waals surface area contributed by atoms with Crippen molar-refractivity contribution in [3.8, 4) is 0 Å². The molecule has 2 rings (SSSR count). The van der Waals surface area contributed by atoms with Crippen molar-refractivity contribution >= 4 is 17.5 Å². The summed E-state index contributed by atoms with van der Waals surface area (Å²) in [6.07, 6.45) is 0. The maximum atomic E-state index is 12.5. The van der Waals surface area contributed by atoms with Crippen molar-refractivity contribution in [2.45, 2.75) is 33.2 Å². The highest BCUT2D eigenvalue weighted by Crippen LogP contribution is 2.20. The Bertz CT molecular complexity index is 708. The summed E-state index contributed by atoms with van der Waals surface area (Å²) in [5.74, 6) is 0.198. The molecule has 0 radical (unpaired) electrons. The Labute approximate surface area is 150 Å². The Morgan fingerprint density at radius 3 is 2.08 bits per heavy atom. The van der Waals surface area contributed by atoms with E-state index in [1.165, 1.54) is 17.4 Å². The monoisotopic (exact) mass is 338 g/mol. The third kappa shape index (κ3) is 5.18. The summed E-state index contributed by atoms with van der Waals surface area (Å²) in [6.45, 7) is 6.30. The standard InChI is InChI=1S/C21H26N2O2/c1-16(2)19-10-12-20(13-11-19)23(17(3)24)15-21(25)22(4)14-18-8-6-5-7-9-18/h5-13,16H,14-15H2,1-4H3. The van der Waals surface area contributed by atoms with E-state index in [2.05, 4.69) is 13.8 Å². The summed E-state index contributed by atoms with van der Waals surface area (Å²) in [4.78, 5) is 27.7. The van der Waals surface area contributed by atoms with Crippen molar-refractivity contribution in [3.63, 3.8) is 0 Å². The van der Waals surface area contributed by atoms with Crippen LogP contribution in [-0.4, -0.2) is 30.3 Å². The van der Waals surface area contributed by atoms with Crippen LogP contribution in [0.1, 0.15) is 37.8 Å². The predicted octanol–water partition coefficient (Wildman–Crippen LogP) is 3.82. The molecule has 0 spiro atoms. The van der Waals surface area contributed by atoms with Gasteiger partial charge in [-0.15, -0.1) is 0 Å². The average Bonchev–Trinajstić information content (AvgIpc) is 2.60. The summed E-state index contributed by atoms with van der Waals surface area (Å²) < 4.78 is 0. The lowest BCUT2D eigenvalue weighted by Gasteiger charge is -2.25. The second kappa shape index (κ2) is 8.47. The first-order valence-corrected chi connectivity index (χ1v) is 8.54. The lowest BCUT2D eigenvalue weighted by Crippen LogP contribution is -2.40. The van der Waals surface area contributed by atoms with Gasteiger partial charge in [-0.25, -0.2) is 0 Å². The fraction of sp³-hybridized carbons (Fsp3) is 0.333. The zero-order chi connectivity index (χ0) is 18.4. The number of likely N-dealkylation sites (N-methyl/N-ethyl adjacent to an activating group) is 1. The zero-order valence-corrected chi connectivity index (χ0v) is 15.4. The Morgan fingerprint density at radius 1 is 0.960 bits per heavy atom. The first-order chi connectivity index (χ1) is 11.9. The Morgan fingerprint density at radius 2 is 1.56 bits per heavy atom. The van der Waals surface area contributed by atoms with Gasteiger partial charge in [-0.05, 0) is 29.2 Å². The molecule has 0 fully saturated rings. The van der Waals surface area contributed by atoms with E-state index in [-0.39, 0.29) is 18.4 Å². The first-order valence-electron chi connectivity index (χ1n) is 8.54. The molecule has 0 aromatic heterocycles. The molecule has 0 saturated heterocycles. The van der Waals surface area contributed by atoms with Gasteiger partial charge in [-0.2, -0.15) is 0 Å². The fourth-order valence-electron chi connectivity index (χ4n) is 2.63. The van der Waals surface area contributed by atoms with Crippen molar-refractivity contribution in [3.05, 3.63) is 65.7 Å². The van der Waals surface area contributed by atoms with Gasteiger partial charge in [0.05, 0.1) is 0 Å². The molecule has 25 heavy (non-hydrogen) atoms. The van der Waals surface area contributed by atoms with Crippen LogP contribution in [0.15, 0.2) is 54.6 Å². The number of carbonyl (C=O) groups excluding carboxylic acids is 2. The number of hydrogen-bond donors (Lipinski definition) is 0. The lowest BCUT2D eigenvalue weighted by atomic mass is 10.0. The van der Waals surface area contributed by atoms with E-state index in [1.54, 1.807) is 11.9 Å². The smallest absolute Gasteiger partial charge is 0.242 e. The molecule has 4 nitrogen and oxygen atoms in total. The van der Waals surface area contributed by atoms with Crippen LogP contribution in [0.5, 0.6) is 0 Å². The molecule has 2 aromatic rings. The molecule has 0 saturated carbocycles. The van der Waals surface area contributed by atoms with Crippen LogP contribution < -0.4 is 4.90 Å². The van der Waals surface area contributed by atoms with Gasteiger partial charge in [0, 0.05) is 26.2 Å².